The van der Waals surface area contributed by atoms with E-state index in [0.717, 1.165) is 30.4 Å². The number of amides is 1. The van der Waals surface area contributed by atoms with Crippen molar-refractivity contribution < 1.29 is 4.79 Å². The van der Waals surface area contributed by atoms with Gasteiger partial charge in [0.15, 0.2) is 0 Å². The number of carbonyl (C=O) groups is 1. The number of nitrogens with zero attached hydrogens (tertiary/aromatic N) is 1. The van der Waals surface area contributed by atoms with Crippen LogP contribution in [-0.4, -0.2) is 10.8 Å². The molecule has 1 aliphatic rings. The predicted molar refractivity (Wildman–Crippen MR) is 110 cm³/mol. The van der Waals surface area contributed by atoms with E-state index in [2.05, 4.69) is 24.3 Å². The Morgan fingerprint density at radius 2 is 1.63 bits per heavy atom. The summed E-state index contributed by atoms with van der Waals surface area (Å²) in [5, 5.41) is 0.711. The third-order valence-electron chi connectivity index (χ3n) is 5.26. The maximum atomic E-state index is 13.4. The fourth-order valence-corrected chi connectivity index (χ4v) is 4.03. The van der Waals surface area contributed by atoms with Crippen LogP contribution < -0.4 is 0 Å². The number of halogens is 1. The molecule has 0 heterocycles. The van der Waals surface area contributed by atoms with Gasteiger partial charge in [-0.15, -0.1) is 0 Å². The van der Waals surface area contributed by atoms with Gasteiger partial charge in [0.05, 0.1) is 6.04 Å². The zero-order chi connectivity index (χ0) is 18.6. The molecule has 0 bridgehead atoms. The third kappa shape index (κ3) is 3.91. The van der Waals surface area contributed by atoms with Gasteiger partial charge in [0, 0.05) is 17.1 Å². The average Bonchev–Trinajstić information content (AvgIpc) is 2.73. The number of hydrogen-bond donors (Lipinski definition) is 0. The van der Waals surface area contributed by atoms with Crippen LogP contribution in [0.15, 0.2) is 78.9 Å². The molecule has 1 atom stereocenters. The molecule has 4 rings (SSSR count). The molecule has 27 heavy (non-hydrogen) atoms. The van der Waals surface area contributed by atoms with Crippen molar-refractivity contribution in [2.45, 2.75) is 31.8 Å². The maximum Gasteiger partial charge on any atom is 0.254 e. The number of rotatable bonds is 4. The van der Waals surface area contributed by atoms with E-state index in [1.807, 2.05) is 59.5 Å². The van der Waals surface area contributed by atoms with Crippen molar-refractivity contribution in [1.82, 2.24) is 4.90 Å². The molecule has 0 saturated carbocycles. The molecule has 3 aromatic rings. The highest BCUT2D eigenvalue weighted by Gasteiger charge is 2.29. The van der Waals surface area contributed by atoms with E-state index in [0.29, 0.717) is 11.6 Å². The number of aryl methyl sites for hydroxylation is 1. The summed E-state index contributed by atoms with van der Waals surface area (Å²) in [7, 11) is 0. The second-order valence-electron chi connectivity index (χ2n) is 7.03. The lowest BCUT2D eigenvalue weighted by Gasteiger charge is -2.36. The lowest BCUT2D eigenvalue weighted by molar-refractivity contribution is 0.0638. The van der Waals surface area contributed by atoms with Crippen molar-refractivity contribution in [2.75, 3.05) is 0 Å². The molecule has 0 aromatic heterocycles. The van der Waals surface area contributed by atoms with Crippen LogP contribution in [0.25, 0.3) is 0 Å². The molecule has 0 aliphatic heterocycles. The van der Waals surface area contributed by atoms with Gasteiger partial charge in [0.25, 0.3) is 5.91 Å². The Balaban J connectivity index is 1.72. The first-order valence-corrected chi connectivity index (χ1v) is 9.78. The van der Waals surface area contributed by atoms with Crippen LogP contribution in [0.4, 0.5) is 0 Å². The summed E-state index contributed by atoms with van der Waals surface area (Å²) in [6.45, 7) is 0.573. The van der Waals surface area contributed by atoms with E-state index in [1.165, 1.54) is 11.1 Å². The highest BCUT2D eigenvalue weighted by molar-refractivity contribution is 6.30. The SMILES string of the molecule is O=C(c1ccccc1)N(Cc1ccc(Cl)cc1)C1CCCc2ccccc21. The lowest BCUT2D eigenvalue weighted by atomic mass is 9.86. The molecule has 0 radical (unpaired) electrons. The number of carbonyl (C=O) groups excluding carboxylic acids is 1. The van der Waals surface area contributed by atoms with Gasteiger partial charge in [-0.3, -0.25) is 4.79 Å². The van der Waals surface area contributed by atoms with E-state index in [1.54, 1.807) is 0 Å². The van der Waals surface area contributed by atoms with E-state index < -0.39 is 0 Å². The fourth-order valence-electron chi connectivity index (χ4n) is 3.91. The van der Waals surface area contributed by atoms with Crippen molar-refractivity contribution >= 4 is 17.5 Å². The van der Waals surface area contributed by atoms with E-state index in [9.17, 15) is 4.79 Å². The monoisotopic (exact) mass is 375 g/mol. The zero-order valence-electron chi connectivity index (χ0n) is 15.1. The van der Waals surface area contributed by atoms with Crippen LogP contribution in [0, 0.1) is 0 Å². The highest BCUT2D eigenvalue weighted by atomic mass is 35.5. The smallest absolute Gasteiger partial charge is 0.254 e. The molecule has 1 unspecified atom stereocenters. The summed E-state index contributed by atoms with van der Waals surface area (Å²) in [4.78, 5) is 15.4. The summed E-state index contributed by atoms with van der Waals surface area (Å²) < 4.78 is 0. The van der Waals surface area contributed by atoms with E-state index in [4.69, 9.17) is 11.6 Å². The Morgan fingerprint density at radius 3 is 2.41 bits per heavy atom. The van der Waals surface area contributed by atoms with E-state index in [-0.39, 0.29) is 11.9 Å². The predicted octanol–water partition coefficient (Wildman–Crippen LogP) is 6.06. The van der Waals surface area contributed by atoms with Crippen molar-refractivity contribution in [3.05, 3.63) is 106 Å². The fraction of sp³-hybridized carbons (Fsp3) is 0.208. The van der Waals surface area contributed by atoms with Gasteiger partial charge in [0.2, 0.25) is 0 Å². The summed E-state index contributed by atoms with van der Waals surface area (Å²) in [6, 6.07) is 26.0. The average molecular weight is 376 g/mol. The Morgan fingerprint density at radius 1 is 0.926 bits per heavy atom. The Kier molecular flexibility index (Phi) is 5.26. The molecule has 1 amide bonds. The van der Waals surface area contributed by atoms with Crippen molar-refractivity contribution in [3.63, 3.8) is 0 Å². The van der Waals surface area contributed by atoms with Crippen LogP contribution in [0.5, 0.6) is 0 Å². The second kappa shape index (κ2) is 7.98. The molecule has 3 heteroatoms. The highest BCUT2D eigenvalue weighted by Crippen LogP contribution is 2.36. The lowest BCUT2D eigenvalue weighted by Crippen LogP contribution is -2.36. The Labute approximate surface area is 165 Å². The first kappa shape index (κ1) is 17.8. The van der Waals surface area contributed by atoms with Gasteiger partial charge >= 0.3 is 0 Å². The topological polar surface area (TPSA) is 20.3 Å². The van der Waals surface area contributed by atoms with Gasteiger partial charge in [-0.1, -0.05) is 66.2 Å². The molecule has 1 aliphatic carbocycles. The van der Waals surface area contributed by atoms with Gasteiger partial charge in [-0.05, 0) is 60.2 Å². The van der Waals surface area contributed by atoms with Gasteiger partial charge in [-0.2, -0.15) is 0 Å². The number of benzene rings is 3. The molecular formula is C24H22ClNO. The van der Waals surface area contributed by atoms with Crippen LogP contribution in [0.3, 0.4) is 0 Å². The molecule has 2 nitrogen and oxygen atoms in total. The van der Waals surface area contributed by atoms with E-state index >= 15 is 0 Å². The van der Waals surface area contributed by atoms with Gasteiger partial charge < -0.3 is 4.90 Å². The van der Waals surface area contributed by atoms with Crippen LogP contribution in [0.1, 0.15) is 45.9 Å². The third-order valence-corrected chi connectivity index (χ3v) is 5.51. The van der Waals surface area contributed by atoms with Crippen molar-refractivity contribution in [2.24, 2.45) is 0 Å². The minimum atomic E-state index is 0.0762. The van der Waals surface area contributed by atoms with Gasteiger partial charge in [0.1, 0.15) is 0 Å². The molecule has 0 saturated heterocycles. The first-order chi connectivity index (χ1) is 13.2. The standard InChI is InChI=1S/C24H22ClNO/c25-21-15-13-18(14-16-21)17-26(24(27)20-8-2-1-3-9-20)23-12-6-10-19-7-4-5-11-22(19)23/h1-5,7-9,11,13-16,23H,6,10,12,17H2. The molecule has 3 aromatic carbocycles. The zero-order valence-corrected chi connectivity index (χ0v) is 15.9. The Bertz CT molecular complexity index is 921. The Hall–Kier alpha value is -2.58. The molecule has 136 valence electrons. The minimum Gasteiger partial charge on any atom is -0.327 e. The summed E-state index contributed by atoms with van der Waals surface area (Å²) in [5.41, 5.74) is 4.46. The van der Waals surface area contributed by atoms with Gasteiger partial charge in [-0.25, -0.2) is 0 Å². The minimum absolute atomic E-state index is 0.0762. The quantitative estimate of drug-likeness (QED) is 0.542. The second-order valence-corrected chi connectivity index (χ2v) is 7.47. The first-order valence-electron chi connectivity index (χ1n) is 9.40. The molecule has 0 fully saturated rings. The van der Waals surface area contributed by atoms with Crippen molar-refractivity contribution in [1.29, 1.82) is 0 Å². The van der Waals surface area contributed by atoms with Crippen LogP contribution in [-0.2, 0) is 13.0 Å². The number of fused-ring (bicyclic) bond motifs is 1. The largest absolute Gasteiger partial charge is 0.327 e. The summed E-state index contributed by atoms with van der Waals surface area (Å²) >= 11 is 6.04. The van der Waals surface area contributed by atoms with Crippen LogP contribution >= 0.6 is 11.6 Å². The van der Waals surface area contributed by atoms with Crippen LogP contribution in [0.2, 0.25) is 5.02 Å². The normalized spacial score (nSPS) is 15.8. The summed E-state index contributed by atoms with van der Waals surface area (Å²) in [5.74, 6) is 0.0762. The molecule has 0 spiro atoms. The molecular weight excluding hydrogens is 354 g/mol. The summed E-state index contributed by atoms with van der Waals surface area (Å²) in [6.07, 6.45) is 3.17. The maximum absolute atomic E-state index is 13.4. The van der Waals surface area contributed by atoms with Crippen molar-refractivity contribution in [3.8, 4) is 0 Å². The number of hydrogen-bond acceptors (Lipinski definition) is 1. The molecule has 0 N–H and O–H groups in total.